The van der Waals surface area contributed by atoms with Crippen LogP contribution in [0.25, 0.3) is 11.4 Å². The van der Waals surface area contributed by atoms with E-state index in [1.54, 1.807) is 30.3 Å². The summed E-state index contributed by atoms with van der Waals surface area (Å²) in [6.07, 6.45) is 1.40. The molecule has 200 valence electrons. The molecule has 2 heterocycles. The van der Waals surface area contributed by atoms with Gasteiger partial charge in [-0.1, -0.05) is 59.2 Å². The Hall–Kier alpha value is -4.01. The van der Waals surface area contributed by atoms with Crippen LogP contribution in [0.2, 0.25) is 5.02 Å². The number of halogens is 1. The van der Waals surface area contributed by atoms with E-state index in [0.717, 1.165) is 24.2 Å². The average molecular weight is 544 g/mol. The van der Waals surface area contributed by atoms with Gasteiger partial charge in [-0.3, -0.25) is 14.5 Å². The van der Waals surface area contributed by atoms with Gasteiger partial charge in [0.2, 0.25) is 17.6 Å². The zero-order valence-corrected chi connectivity index (χ0v) is 22.4. The number of carbonyl (C=O) groups excluding carboxylic acids is 2. The van der Waals surface area contributed by atoms with Gasteiger partial charge in [0.15, 0.2) is 0 Å². The minimum atomic E-state index is -0.227. The first-order chi connectivity index (χ1) is 19.0. The van der Waals surface area contributed by atoms with Crippen molar-refractivity contribution in [1.29, 1.82) is 0 Å². The Morgan fingerprint density at radius 1 is 1.00 bits per heavy atom. The van der Waals surface area contributed by atoms with E-state index in [9.17, 15) is 9.59 Å². The Balaban J connectivity index is 1.14. The molecule has 2 N–H and O–H groups in total. The number of hydrogen-bond acceptors (Lipinski definition) is 6. The van der Waals surface area contributed by atoms with Crippen molar-refractivity contribution in [3.8, 4) is 11.4 Å². The number of anilines is 1. The third-order valence-corrected chi connectivity index (χ3v) is 7.22. The molecule has 1 atom stereocenters. The normalized spacial score (nSPS) is 15.0. The maximum Gasteiger partial charge on any atom is 0.253 e. The highest BCUT2D eigenvalue weighted by atomic mass is 35.5. The van der Waals surface area contributed by atoms with Crippen molar-refractivity contribution in [2.75, 3.05) is 18.4 Å². The molecule has 1 saturated heterocycles. The second kappa shape index (κ2) is 12.2. The largest absolute Gasteiger partial charge is 0.345 e. The molecule has 4 aromatic rings. The monoisotopic (exact) mass is 543 g/mol. The fourth-order valence-corrected chi connectivity index (χ4v) is 4.83. The molecule has 0 spiro atoms. The number of piperidine rings is 1. The number of aromatic nitrogens is 2. The van der Waals surface area contributed by atoms with Crippen LogP contribution < -0.4 is 10.6 Å². The quantitative estimate of drug-likeness (QED) is 0.294. The number of nitrogens with zero attached hydrogens (tertiary/aromatic N) is 3. The van der Waals surface area contributed by atoms with Crippen LogP contribution in [0.3, 0.4) is 0 Å². The fraction of sp³-hybridized carbons (Fsp3) is 0.267. The van der Waals surface area contributed by atoms with Gasteiger partial charge >= 0.3 is 0 Å². The number of carbonyl (C=O) groups is 2. The second-order valence-corrected chi connectivity index (χ2v) is 10.1. The topological polar surface area (TPSA) is 100 Å². The first-order valence-electron chi connectivity index (χ1n) is 13.0. The summed E-state index contributed by atoms with van der Waals surface area (Å²) in [6.45, 7) is 3.92. The highest BCUT2D eigenvalue weighted by molar-refractivity contribution is 6.30. The zero-order valence-electron chi connectivity index (χ0n) is 21.6. The van der Waals surface area contributed by atoms with Crippen molar-refractivity contribution in [2.45, 2.75) is 32.4 Å². The van der Waals surface area contributed by atoms with Gasteiger partial charge in [0.1, 0.15) is 0 Å². The van der Waals surface area contributed by atoms with E-state index in [2.05, 4.69) is 25.7 Å². The van der Waals surface area contributed by atoms with Gasteiger partial charge in [-0.2, -0.15) is 4.98 Å². The molecule has 39 heavy (non-hydrogen) atoms. The van der Waals surface area contributed by atoms with Gasteiger partial charge in [0.05, 0.1) is 23.8 Å². The highest BCUT2D eigenvalue weighted by Crippen LogP contribution is 2.24. The Labute approximate surface area is 232 Å². The smallest absolute Gasteiger partial charge is 0.253 e. The van der Waals surface area contributed by atoms with Gasteiger partial charge in [0, 0.05) is 16.5 Å². The third-order valence-electron chi connectivity index (χ3n) is 6.96. The van der Waals surface area contributed by atoms with Crippen LogP contribution in [0.4, 0.5) is 5.69 Å². The molecule has 5 rings (SSSR count). The fourth-order valence-electron chi connectivity index (χ4n) is 4.70. The van der Waals surface area contributed by atoms with Crippen molar-refractivity contribution in [3.63, 3.8) is 0 Å². The molecule has 1 fully saturated rings. The number of likely N-dealkylation sites (tertiary alicyclic amines) is 1. The molecule has 0 saturated carbocycles. The van der Waals surface area contributed by atoms with E-state index in [0.29, 0.717) is 47.4 Å². The second-order valence-electron chi connectivity index (χ2n) is 9.71. The maximum atomic E-state index is 13.1. The van der Waals surface area contributed by atoms with E-state index in [1.165, 1.54) is 0 Å². The Bertz CT molecular complexity index is 1420. The third kappa shape index (κ3) is 6.71. The van der Waals surface area contributed by atoms with E-state index in [-0.39, 0.29) is 23.8 Å². The molecular formula is C30H30ClN5O3. The van der Waals surface area contributed by atoms with Crippen molar-refractivity contribution < 1.29 is 14.1 Å². The van der Waals surface area contributed by atoms with E-state index in [4.69, 9.17) is 16.1 Å². The summed E-state index contributed by atoms with van der Waals surface area (Å²) in [5.41, 5.74) is 2.82. The van der Waals surface area contributed by atoms with Crippen LogP contribution in [0.1, 0.15) is 47.6 Å². The molecule has 9 heteroatoms. The predicted octanol–water partition coefficient (Wildman–Crippen LogP) is 5.73. The summed E-state index contributed by atoms with van der Waals surface area (Å²) in [4.78, 5) is 32.9. The minimum Gasteiger partial charge on any atom is -0.345 e. The van der Waals surface area contributed by atoms with Crippen molar-refractivity contribution >= 4 is 29.1 Å². The van der Waals surface area contributed by atoms with Gasteiger partial charge in [-0.15, -0.1) is 0 Å². The van der Waals surface area contributed by atoms with Gasteiger partial charge in [-0.05, 0) is 74.8 Å². The average Bonchev–Trinajstić information content (AvgIpc) is 3.43. The number of para-hydroxylation sites is 1. The number of amides is 2. The Kier molecular flexibility index (Phi) is 8.34. The van der Waals surface area contributed by atoms with Crippen molar-refractivity contribution in [3.05, 3.63) is 101 Å². The number of nitrogens with one attached hydrogen (secondary N) is 2. The summed E-state index contributed by atoms with van der Waals surface area (Å²) < 4.78 is 5.44. The Morgan fingerprint density at radius 2 is 1.69 bits per heavy atom. The van der Waals surface area contributed by atoms with E-state index < -0.39 is 0 Å². The summed E-state index contributed by atoms with van der Waals surface area (Å²) in [6, 6.07) is 24.0. The lowest BCUT2D eigenvalue weighted by Gasteiger charge is -2.30. The van der Waals surface area contributed by atoms with Crippen LogP contribution in [0.5, 0.6) is 0 Å². The Morgan fingerprint density at radius 3 is 2.44 bits per heavy atom. The first-order valence-corrected chi connectivity index (χ1v) is 13.4. The van der Waals surface area contributed by atoms with E-state index in [1.807, 2.05) is 55.5 Å². The molecule has 2 amide bonds. The summed E-state index contributed by atoms with van der Waals surface area (Å²) in [7, 11) is 0. The lowest BCUT2D eigenvalue weighted by Crippen LogP contribution is -2.38. The molecule has 0 aliphatic carbocycles. The minimum absolute atomic E-state index is 0.0752. The molecular weight excluding hydrogens is 514 g/mol. The predicted molar refractivity (Wildman–Crippen MR) is 150 cm³/mol. The van der Waals surface area contributed by atoms with Crippen LogP contribution in [-0.2, 0) is 11.3 Å². The highest BCUT2D eigenvalue weighted by Gasteiger charge is 2.27. The summed E-state index contributed by atoms with van der Waals surface area (Å²) in [5, 5.41) is 10.8. The van der Waals surface area contributed by atoms with Crippen molar-refractivity contribution in [2.24, 2.45) is 5.92 Å². The molecule has 1 aromatic heterocycles. The first kappa shape index (κ1) is 26.6. The van der Waals surface area contributed by atoms with Gasteiger partial charge in [-0.25, -0.2) is 0 Å². The van der Waals surface area contributed by atoms with Crippen LogP contribution in [0.15, 0.2) is 83.4 Å². The van der Waals surface area contributed by atoms with Crippen LogP contribution in [0, 0.1) is 5.92 Å². The summed E-state index contributed by atoms with van der Waals surface area (Å²) >= 11 is 5.96. The molecule has 1 unspecified atom stereocenters. The zero-order chi connectivity index (χ0) is 27.2. The molecule has 1 aliphatic heterocycles. The lowest BCUT2D eigenvalue weighted by atomic mass is 9.95. The number of rotatable bonds is 8. The molecule has 0 radical (unpaired) electrons. The molecule has 8 nitrogen and oxygen atoms in total. The van der Waals surface area contributed by atoms with Crippen LogP contribution in [-0.4, -0.2) is 39.9 Å². The van der Waals surface area contributed by atoms with E-state index >= 15 is 0 Å². The number of hydrogen-bond donors (Lipinski definition) is 2. The summed E-state index contributed by atoms with van der Waals surface area (Å²) in [5.74, 6) is 0.612. The number of benzene rings is 3. The van der Waals surface area contributed by atoms with Crippen LogP contribution >= 0.6 is 11.6 Å². The van der Waals surface area contributed by atoms with Gasteiger partial charge < -0.3 is 15.2 Å². The standard InChI is InChI=1S/C30H30ClN5O3/c1-20(21-7-3-2-4-8-21)32-30(38)25-9-5-6-10-26(25)33-29(37)23-15-17-36(18-16-23)19-27-34-28(35-39-27)22-11-13-24(31)14-12-22/h2-14,20,23H,15-19H2,1H3,(H,32,38)(H,33,37). The van der Waals surface area contributed by atoms with Gasteiger partial charge in [0.25, 0.3) is 5.91 Å². The maximum absolute atomic E-state index is 13.1. The molecule has 3 aromatic carbocycles. The lowest BCUT2D eigenvalue weighted by molar-refractivity contribution is -0.121. The SMILES string of the molecule is CC(NC(=O)c1ccccc1NC(=O)C1CCN(Cc2nc(-c3ccc(Cl)cc3)no2)CC1)c1ccccc1. The van der Waals surface area contributed by atoms with Crippen molar-refractivity contribution in [1.82, 2.24) is 20.4 Å². The molecule has 1 aliphatic rings. The molecule has 0 bridgehead atoms.